The van der Waals surface area contributed by atoms with E-state index in [0.717, 1.165) is 23.8 Å². The molecule has 0 aromatic heterocycles. The highest BCUT2D eigenvalue weighted by Gasteiger charge is 2.55. The molecule has 3 nitrogen and oxygen atoms in total. The maximum Gasteiger partial charge on any atom is 0.0110 e. The highest BCUT2D eigenvalue weighted by Crippen LogP contribution is 2.52. The van der Waals surface area contributed by atoms with Crippen molar-refractivity contribution in [3.8, 4) is 0 Å². The fourth-order valence-electron chi connectivity index (χ4n) is 3.70. The molecule has 0 aromatic rings. The molecular formula is C14H27N3. The van der Waals surface area contributed by atoms with Crippen LogP contribution in [0.2, 0.25) is 0 Å². The molecule has 0 radical (unpaired) electrons. The molecule has 3 rings (SSSR count). The van der Waals surface area contributed by atoms with Crippen LogP contribution in [0.5, 0.6) is 0 Å². The molecule has 3 fully saturated rings. The molecule has 0 aromatic carbocycles. The van der Waals surface area contributed by atoms with Crippen LogP contribution in [0, 0.1) is 17.8 Å². The van der Waals surface area contributed by atoms with Crippen molar-refractivity contribution in [2.45, 2.75) is 19.9 Å². The molecule has 2 aliphatic heterocycles. The molecule has 98 valence electrons. The normalized spacial score (nSPS) is 39.9. The number of hydrogen-bond donors (Lipinski definition) is 0. The summed E-state index contributed by atoms with van der Waals surface area (Å²) in [6, 6.07) is 0.757. The SMILES string of the molecule is CC(C)N1CC2C(CN3CCN(C)CC3)C2C1. The first-order valence-electron chi connectivity index (χ1n) is 7.30. The maximum atomic E-state index is 2.70. The highest BCUT2D eigenvalue weighted by molar-refractivity contribution is 5.06. The second kappa shape index (κ2) is 4.52. The predicted molar refractivity (Wildman–Crippen MR) is 71.1 cm³/mol. The number of hydrogen-bond acceptors (Lipinski definition) is 3. The van der Waals surface area contributed by atoms with Crippen molar-refractivity contribution >= 4 is 0 Å². The van der Waals surface area contributed by atoms with Gasteiger partial charge < -0.3 is 14.7 Å². The fraction of sp³-hybridized carbons (Fsp3) is 1.00. The molecular weight excluding hydrogens is 210 g/mol. The summed E-state index contributed by atoms with van der Waals surface area (Å²) in [5.74, 6) is 3.11. The van der Waals surface area contributed by atoms with Gasteiger partial charge in [-0.3, -0.25) is 0 Å². The Morgan fingerprint density at radius 1 is 1.00 bits per heavy atom. The van der Waals surface area contributed by atoms with Crippen molar-refractivity contribution < 1.29 is 0 Å². The third-order valence-corrected chi connectivity index (χ3v) is 5.19. The first kappa shape index (κ1) is 11.9. The average Bonchev–Trinajstić information content (AvgIpc) is 2.76. The zero-order valence-corrected chi connectivity index (χ0v) is 11.6. The van der Waals surface area contributed by atoms with Crippen LogP contribution in [0.15, 0.2) is 0 Å². The van der Waals surface area contributed by atoms with Crippen molar-refractivity contribution in [3.63, 3.8) is 0 Å². The van der Waals surface area contributed by atoms with Gasteiger partial charge >= 0.3 is 0 Å². The number of likely N-dealkylation sites (N-methyl/N-ethyl adjacent to an activating group) is 1. The van der Waals surface area contributed by atoms with Crippen molar-refractivity contribution in [2.75, 3.05) is 52.9 Å². The van der Waals surface area contributed by atoms with E-state index in [1.165, 1.54) is 45.8 Å². The monoisotopic (exact) mass is 237 g/mol. The molecule has 2 heterocycles. The number of fused-ring (bicyclic) bond motifs is 1. The van der Waals surface area contributed by atoms with E-state index in [1.54, 1.807) is 0 Å². The van der Waals surface area contributed by atoms with Gasteiger partial charge in [-0.25, -0.2) is 0 Å². The molecule has 1 aliphatic carbocycles. The van der Waals surface area contributed by atoms with Crippen molar-refractivity contribution in [2.24, 2.45) is 17.8 Å². The summed E-state index contributed by atoms with van der Waals surface area (Å²) in [5.41, 5.74) is 0. The summed E-state index contributed by atoms with van der Waals surface area (Å²) in [5, 5.41) is 0. The molecule has 17 heavy (non-hydrogen) atoms. The molecule has 1 saturated carbocycles. The molecule has 2 atom stereocenters. The van der Waals surface area contributed by atoms with Gasteiger partial charge in [0.15, 0.2) is 0 Å². The number of nitrogens with zero attached hydrogens (tertiary/aromatic N) is 3. The van der Waals surface area contributed by atoms with Gasteiger partial charge in [0, 0.05) is 51.9 Å². The molecule has 0 amide bonds. The topological polar surface area (TPSA) is 9.72 Å². The first-order chi connectivity index (χ1) is 8.15. The van der Waals surface area contributed by atoms with E-state index in [-0.39, 0.29) is 0 Å². The van der Waals surface area contributed by atoms with E-state index in [4.69, 9.17) is 0 Å². The van der Waals surface area contributed by atoms with Crippen LogP contribution < -0.4 is 0 Å². The van der Waals surface area contributed by atoms with E-state index in [9.17, 15) is 0 Å². The molecule has 0 spiro atoms. The van der Waals surface area contributed by atoms with Crippen LogP contribution >= 0.6 is 0 Å². The van der Waals surface area contributed by atoms with Gasteiger partial charge in [-0.2, -0.15) is 0 Å². The van der Waals surface area contributed by atoms with Gasteiger partial charge in [0.05, 0.1) is 0 Å². The van der Waals surface area contributed by atoms with Crippen molar-refractivity contribution in [1.29, 1.82) is 0 Å². The lowest BCUT2D eigenvalue weighted by atomic mass is 10.2. The molecule has 2 saturated heterocycles. The minimum Gasteiger partial charge on any atom is -0.304 e. The fourth-order valence-corrected chi connectivity index (χ4v) is 3.70. The smallest absolute Gasteiger partial charge is 0.0110 e. The summed E-state index contributed by atoms with van der Waals surface area (Å²) in [4.78, 5) is 7.81. The van der Waals surface area contributed by atoms with Gasteiger partial charge in [0.2, 0.25) is 0 Å². The Labute approximate surface area is 106 Å². The highest BCUT2D eigenvalue weighted by atomic mass is 15.3. The number of rotatable bonds is 3. The van der Waals surface area contributed by atoms with Crippen LogP contribution in [0.3, 0.4) is 0 Å². The molecule has 0 bridgehead atoms. The maximum absolute atomic E-state index is 2.70. The standard InChI is InChI=1S/C14H27N3/c1-11(2)17-9-13-12(14(13)10-17)8-16-6-4-15(3)5-7-16/h11-14H,4-10H2,1-3H3. The second-order valence-electron chi connectivity index (χ2n) is 6.64. The zero-order chi connectivity index (χ0) is 12.0. The molecule has 0 N–H and O–H groups in total. The van der Waals surface area contributed by atoms with Gasteiger partial charge in [0.1, 0.15) is 0 Å². The van der Waals surface area contributed by atoms with Crippen LogP contribution in [-0.4, -0.2) is 73.6 Å². The summed E-state index contributed by atoms with van der Waals surface area (Å²) in [7, 11) is 2.24. The Hall–Kier alpha value is -0.120. The molecule has 3 aliphatic rings. The summed E-state index contributed by atoms with van der Waals surface area (Å²) < 4.78 is 0. The quantitative estimate of drug-likeness (QED) is 0.719. The first-order valence-corrected chi connectivity index (χ1v) is 7.30. The van der Waals surface area contributed by atoms with Crippen LogP contribution in [-0.2, 0) is 0 Å². The third kappa shape index (κ3) is 2.38. The lowest BCUT2D eigenvalue weighted by Gasteiger charge is -2.33. The summed E-state index contributed by atoms with van der Waals surface area (Å²) >= 11 is 0. The van der Waals surface area contributed by atoms with Gasteiger partial charge in [-0.15, -0.1) is 0 Å². The Kier molecular flexibility index (Phi) is 3.18. The van der Waals surface area contributed by atoms with E-state index < -0.39 is 0 Å². The Bertz CT molecular complexity index is 259. The summed E-state index contributed by atoms with van der Waals surface area (Å²) in [6.45, 7) is 13.9. The average molecular weight is 237 g/mol. The Morgan fingerprint density at radius 2 is 1.59 bits per heavy atom. The van der Waals surface area contributed by atoms with Gasteiger partial charge in [-0.1, -0.05) is 0 Å². The van der Waals surface area contributed by atoms with Crippen LogP contribution in [0.4, 0.5) is 0 Å². The number of piperidine rings is 1. The van der Waals surface area contributed by atoms with Crippen LogP contribution in [0.1, 0.15) is 13.8 Å². The summed E-state index contributed by atoms with van der Waals surface area (Å²) in [6.07, 6.45) is 0. The molecule has 3 heteroatoms. The Balaban J connectivity index is 1.42. The van der Waals surface area contributed by atoms with Crippen molar-refractivity contribution in [3.05, 3.63) is 0 Å². The van der Waals surface area contributed by atoms with Gasteiger partial charge in [0.25, 0.3) is 0 Å². The van der Waals surface area contributed by atoms with Crippen molar-refractivity contribution in [1.82, 2.24) is 14.7 Å². The number of piperazine rings is 1. The van der Waals surface area contributed by atoms with E-state index in [2.05, 4.69) is 35.6 Å². The minimum atomic E-state index is 0.757. The zero-order valence-electron chi connectivity index (χ0n) is 11.6. The largest absolute Gasteiger partial charge is 0.304 e. The van der Waals surface area contributed by atoms with Crippen LogP contribution in [0.25, 0.3) is 0 Å². The Morgan fingerprint density at radius 3 is 2.12 bits per heavy atom. The number of likely N-dealkylation sites (tertiary alicyclic amines) is 1. The minimum absolute atomic E-state index is 0.757. The van der Waals surface area contributed by atoms with E-state index in [0.29, 0.717) is 0 Å². The lowest BCUT2D eigenvalue weighted by Crippen LogP contribution is -2.45. The second-order valence-corrected chi connectivity index (χ2v) is 6.64. The molecule has 2 unspecified atom stereocenters. The lowest BCUT2D eigenvalue weighted by molar-refractivity contribution is 0.137. The van der Waals surface area contributed by atoms with E-state index in [1.807, 2.05) is 0 Å². The van der Waals surface area contributed by atoms with Gasteiger partial charge in [-0.05, 0) is 38.6 Å². The predicted octanol–water partition coefficient (Wildman–Crippen LogP) is 0.820. The van der Waals surface area contributed by atoms with E-state index >= 15 is 0 Å². The third-order valence-electron chi connectivity index (χ3n) is 5.19.